The van der Waals surface area contributed by atoms with Crippen LogP contribution in [0.25, 0.3) is 0 Å². The molecule has 3 nitrogen and oxygen atoms in total. The van der Waals surface area contributed by atoms with E-state index in [9.17, 15) is 0 Å². The molecule has 4 heteroatoms. The predicted octanol–water partition coefficient (Wildman–Crippen LogP) is 2.66. The zero-order chi connectivity index (χ0) is 13.4. The molecular weight excluding hydrogens is 225 g/mol. The van der Waals surface area contributed by atoms with Crippen molar-refractivity contribution < 1.29 is 9.31 Å². The van der Waals surface area contributed by atoms with Gasteiger partial charge in [0.15, 0.2) is 0 Å². The lowest BCUT2D eigenvalue weighted by Crippen LogP contribution is -2.41. The summed E-state index contributed by atoms with van der Waals surface area (Å²) in [6, 6.07) is 0. The molecule has 0 spiro atoms. The van der Waals surface area contributed by atoms with Crippen LogP contribution in [-0.2, 0) is 9.31 Å². The van der Waals surface area contributed by atoms with Crippen LogP contribution in [0.1, 0.15) is 47.0 Å². The van der Waals surface area contributed by atoms with Gasteiger partial charge >= 0.3 is 7.12 Å². The standard InChI is InChI=1S/C14H26BNO2/c1-12(11-16-9-7-6-8-10-16)15-17-13(2,3)14(4,5)18-15/h1,6-11H2,2-5H3. The monoisotopic (exact) mass is 251 g/mol. The van der Waals surface area contributed by atoms with Crippen molar-refractivity contribution in [3.8, 4) is 0 Å². The fraction of sp³-hybridized carbons (Fsp3) is 0.857. The molecule has 0 radical (unpaired) electrons. The Morgan fingerprint density at radius 2 is 1.56 bits per heavy atom. The first kappa shape index (κ1) is 14.1. The molecule has 2 heterocycles. The van der Waals surface area contributed by atoms with Crippen molar-refractivity contribution in [2.75, 3.05) is 19.6 Å². The van der Waals surface area contributed by atoms with Crippen LogP contribution >= 0.6 is 0 Å². The second-order valence-corrected chi connectivity index (χ2v) is 6.58. The van der Waals surface area contributed by atoms with Gasteiger partial charge in [-0.2, -0.15) is 0 Å². The van der Waals surface area contributed by atoms with Crippen molar-refractivity contribution >= 4 is 7.12 Å². The van der Waals surface area contributed by atoms with Gasteiger partial charge < -0.3 is 14.2 Å². The summed E-state index contributed by atoms with van der Waals surface area (Å²) in [4.78, 5) is 2.46. The molecule has 0 N–H and O–H groups in total. The van der Waals surface area contributed by atoms with Gasteiger partial charge in [0, 0.05) is 6.54 Å². The van der Waals surface area contributed by atoms with E-state index in [4.69, 9.17) is 9.31 Å². The summed E-state index contributed by atoms with van der Waals surface area (Å²) in [5.74, 6) is 0. The summed E-state index contributed by atoms with van der Waals surface area (Å²) in [5, 5.41) is 0. The maximum absolute atomic E-state index is 6.02. The molecule has 0 saturated carbocycles. The van der Waals surface area contributed by atoms with Gasteiger partial charge in [0.25, 0.3) is 0 Å². The van der Waals surface area contributed by atoms with Crippen LogP contribution < -0.4 is 0 Å². The van der Waals surface area contributed by atoms with Crippen molar-refractivity contribution in [3.05, 3.63) is 12.1 Å². The molecular formula is C14H26BNO2. The lowest BCUT2D eigenvalue weighted by atomic mass is 9.79. The second-order valence-electron chi connectivity index (χ2n) is 6.58. The number of hydrogen-bond donors (Lipinski definition) is 0. The van der Waals surface area contributed by atoms with Crippen molar-refractivity contribution in [3.63, 3.8) is 0 Å². The highest BCUT2D eigenvalue weighted by atomic mass is 16.7. The highest BCUT2D eigenvalue weighted by molar-refractivity contribution is 6.54. The predicted molar refractivity (Wildman–Crippen MR) is 75.5 cm³/mol. The fourth-order valence-electron chi connectivity index (χ4n) is 2.49. The van der Waals surface area contributed by atoms with Crippen LogP contribution in [0.4, 0.5) is 0 Å². The third-order valence-electron chi connectivity index (χ3n) is 4.46. The van der Waals surface area contributed by atoms with Gasteiger partial charge in [0.1, 0.15) is 0 Å². The summed E-state index contributed by atoms with van der Waals surface area (Å²) in [6.07, 6.45) is 3.97. The molecule has 0 amide bonds. The highest BCUT2D eigenvalue weighted by Crippen LogP contribution is 2.38. The van der Waals surface area contributed by atoms with E-state index in [0.29, 0.717) is 0 Å². The van der Waals surface area contributed by atoms with Gasteiger partial charge in [-0.3, -0.25) is 0 Å². The van der Waals surface area contributed by atoms with Gasteiger partial charge in [-0.1, -0.05) is 6.42 Å². The van der Waals surface area contributed by atoms with Gasteiger partial charge in [0.05, 0.1) is 11.2 Å². The third kappa shape index (κ3) is 2.81. The minimum atomic E-state index is -0.261. The molecule has 2 rings (SSSR count). The van der Waals surface area contributed by atoms with E-state index in [0.717, 1.165) is 12.0 Å². The lowest BCUT2D eigenvalue weighted by Gasteiger charge is -2.32. The van der Waals surface area contributed by atoms with Crippen molar-refractivity contribution in [1.82, 2.24) is 4.90 Å². The minimum Gasteiger partial charge on any atom is -0.400 e. The van der Waals surface area contributed by atoms with Gasteiger partial charge in [-0.05, 0) is 59.1 Å². The molecule has 2 saturated heterocycles. The van der Waals surface area contributed by atoms with E-state index in [2.05, 4.69) is 39.2 Å². The Bertz CT molecular complexity index is 306. The molecule has 0 bridgehead atoms. The Kier molecular flexibility index (Phi) is 3.91. The Morgan fingerprint density at radius 1 is 1.06 bits per heavy atom. The average Bonchev–Trinajstić information content (AvgIpc) is 2.50. The molecule has 2 aliphatic rings. The summed E-state index contributed by atoms with van der Waals surface area (Å²) in [7, 11) is -0.253. The van der Waals surface area contributed by atoms with Crippen molar-refractivity contribution in [2.45, 2.75) is 58.2 Å². The first-order valence-corrected chi connectivity index (χ1v) is 7.07. The average molecular weight is 251 g/mol. The van der Waals surface area contributed by atoms with E-state index < -0.39 is 0 Å². The van der Waals surface area contributed by atoms with Crippen molar-refractivity contribution in [2.24, 2.45) is 0 Å². The number of nitrogens with zero attached hydrogens (tertiary/aromatic N) is 1. The summed E-state index contributed by atoms with van der Waals surface area (Å²) in [6.45, 7) is 15.8. The Morgan fingerprint density at radius 3 is 2.06 bits per heavy atom. The first-order valence-electron chi connectivity index (χ1n) is 7.07. The number of rotatable bonds is 3. The third-order valence-corrected chi connectivity index (χ3v) is 4.46. The van der Waals surface area contributed by atoms with E-state index in [1.165, 1.54) is 32.4 Å². The number of hydrogen-bond acceptors (Lipinski definition) is 3. The Hall–Kier alpha value is -0.315. The van der Waals surface area contributed by atoms with Gasteiger partial charge in [-0.15, -0.1) is 6.58 Å². The summed E-state index contributed by atoms with van der Waals surface area (Å²) >= 11 is 0. The van der Waals surface area contributed by atoms with Crippen LogP contribution in [0.5, 0.6) is 0 Å². The lowest BCUT2D eigenvalue weighted by molar-refractivity contribution is 0.00578. The molecule has 0 aromatic carbocycles. The maximum atomic E-state index is 6.02. The molecule has 0 unspecified atom stereocenters. The molecule has 0 atom stereocenters. The summed E-state index contributed by atoms with van der Waals surface area (Å²) < 4.78 is 12.0. The zero-order valence-electron chi connectivity index (χ0n) is 12.3. The minimum absolute atomic E-state index is 0.253. The molecule has 0 aromatic rings. The van der Waals surface area contributed by atoms with Crippen LogP contribution in [0.3, 0.4) is 0 Å². The van der Waals surface area contributed by atoms with Gasteiger partial charge in [-0.25, -0.2) is 0 Å². The summed E-state index contributed by atoms with van der Waals surface area (Å²) in [5.41, 5.74) is 0.529. The number of likely N-dealkylation sites (tertiary alicyclic amines) is 1. The Balaban J connectivity index is 1.91. The smallest absolute Gasteiger partial charge is 0.400 e. The molecule has 18 heavy (non-hydrogen) atoms. The Labute approximate surface area is 112 Å². The fourth-order valence-corrected chi connectivity index (χ4v) is 2.49. The quantitative estimate of drug-likeness (QED) is 0.720. The van der Waals surface area contributed by atoms with E-state index in [-0.39, 0.29) is 18.3 Å². The largest absolute Gasteiger partial charge is 0.491 e. The molecule has 0 aliphatic carbocycles. The molecule has 0 aromatic heterocycles. The van der Waals surface area contributed by atoms with Crippen LogP contribution in [0, 0.1) is 0 Å². The van der Waals surface area contributed by atoms with Gasteiger partial charge in [0.2, 0.25) is 0 Å². The highest BCUT2D eigenvalue weighted by Gasteiger charge is 2.52. The topological polar surface area (TPSA) is 21.7 Å². The zero-order valence-corrected chi connectivity index (χ0v) is 12.3. The number of piperidine rings is 1. The van der Waals surface area contributed by atoms with Crippen LogP contribution in [-0.4, -0.2) is 42.9 Å². The van der Waals surface area contributed by atoms with Crippen LogP contribution in [0.15, 0.2) is 12.1 Å². The van der Waals surface area contributed by atoms with E-state index in [1.807, 2.05) is 0 Å². The van der Waals surface area contributed by atoms with E-state index >= 15 is 0 Å². The SMILES string of the molecule is C=C(CN1CCCCC1)B1OC(C)(C)C(C)(C)O1. The van der Waals surface area contributed by atoms with E-state index in [1.54, 1.807) is 0 Å². The maximum Gasteiger partial charge on any atom is 0.491 e. The first-order chi connectivity index (χ1) is 8.32. The van der Waals surface area contributed by atoms with Crippen LogP contribution in [0.2, 0.25) is 0 Å². The second kappa shape index (κ2) is 4.99. The molecule has 2 aliphatic heterocycles. The molecule has 2 fully saturated rings. The van der Waals surface area contributed by atoms with Crippen molar-refractivity contribution in [1.29, 1.82) is 0 Å². The molecule has 102 valence electrons. The normalized spacial score (nSPS) is 27.4.